The molecule has 1 atom stereocenters. The topological polar surface area (TPSA) is 56.6 Å². The van der Waals surface area contributed by atoms with Gasteiger partial charge in [0.1, 0.15) is 13.2 Å². The van der Waals surface area contributed by atoms with E-state index in [0.29, 0.717) is 43.4 Å². The summed E-state index contributed by atoms with van der Waals surface area (Å²) in [7, 11) is 1.91. The number of benzene rings is 2. The Kier molecular flexibility index (Phi) is 4.04. The predicted octanol–water partition coefficient (Wildman–Crippen LogP) is 2.98. The third-order valence-corrected chi connectivity index (χ3v) is 5.41. The van der Waals surface area contributed by atoms with E-state index in [1.807, 2.05) is 48.6 Å². The fourth-order valence-corrected chi connectivity index (χ4v) is 4.08. The monoisotopic (exact) mass is 375 g/mol. The first-order valence-corrected chi connectivity index (χ1v) is 9.45. The third kappa shape index (κ3) is 2.81. The standard InChI is InChI=1S/C22H21N3O3/c1-24-12-16(11-23-24)19-14-25(13-15-5-2-3-6-17(15)19)22(26)18-7-4-8-20-21(18)28-10-9-27-20/h2-8,11-12,19H,9-10,13-14H2,1H3. The van der Waals surface area contributed by atoms with Crippen LogP contribution in [0.4, 0.5) is 0 Å². The molecule has 0 fully saturated rings. The zero-order valence-electron chi connectivity index (χ0n) is 15.7. The number of carbonyl (C=O) groups is 1. The summed E-state index contributed by atoms with van der Waals surface area (Å²) in [4.78, 5) is 15.3. The SMILES string of the molecule is Cn1cc(C2CN(C(=O)c3cccc4c3OCCO4)Cc3ccccc32)cn1. The maximum atomic E-state index is 13.4. The molecular formula is C22H21N3O3. The number of aryl methyl sites for hydroxylation is 1. The van der Waals surface area contributed by atoms with Crippen LogP contribution in [0, 0.1) is 0 Å². The molecule has 28 heavy (non-hydrogen) atoms. The van der Waals surface area contributed by atoms with Crippen molar-refractivity contribution in [2.24, 2.45) is 7.05 Å². The van der Waals surface area contributed by atoms with Crippen LogP contribution in [0.15, 0.2) is 54.9 Å². The molecule has 1 amide bonds. The molecule has 6 nitrogen and oxygen atoms in total. The zero-order chi connectivity index (χ0) is 19.1. The molecule has 0 bridgehead atoms. The molecule has 0 aliphatic carbocycles. The Bertz CT molecular complexity index is 1040. The molecule has 2 aromatic carbocycles. The summed E-state index contributed by atoms with van der Waals surface area (Å²) < 4.78 is 13.2. The molecular weight excluding hydrogens is 354 g/mol. The van der Waals surface area contributed by atoms with Crippen molar-refractivity contribution in [3.05, 3.63) is 77.1 Å². The summed E-state index contributed by atoms with van der Waals surface area (Å²) in [6.07, 6.45) is 3.91. The number of carbonyl (C=O) groups excluding carboxylic acids is 1. The first-order valence-electron chi connectivity index (χ1n) is 9.45. The van der Waals surface area contributed by atoms with Crippen molar-refractivity contribution >= 4 is 5.91 Å². The van der Waals surface area contributed by atoms with Gasteiger partial charge in [-0.3, -0.25) is 9.48 Å². The lowest BCUT2D eigenvalue weighted by Gasteiger charge is -2.35. The van der Waals surface area contributed by atoms with Gasteiger partial charge in [-0.05, 0) is 28.8 Å². The molecule has 6 heteroatoms. The Labute approximate surface area is 163 Å². The smallest absolute Gasteiger partial charge is 0.258 e. The Morgan fingerprint density at radius 2 is 1.96 bits per heavy atom. The minimum atomic E-state index is -0.0363. The van der Waals surface area contributed by atoms with Gasteiger partial charge >= 0.3 is 0 Å². The highest BCUT2D eigenvalue weighted by Gasteiger charge is 2.32. The second kappa shape index (κ2) is 6.71. The van der Waals surface area contributed by atoms with Crippen LogP contribution in [0.3, 0.4) is 0 Å². The van der Waals surface area contributed by atoms with Crippen molar-refractivity contribution in [3.8, 4) is 11.5 Å². The van der Waals surface area contributed by atoms with Gasteiger partial charge in [-0.25, -0.2) is 0 Å². The second-order valence-electron chi connectivity index (χ2n) is 7.21. The highest BCUT2D eigenvalue weighted by atomic mass is 16.6. The molecule has 3 aromatic rings. The van der Waals surface area contributed by atoms with Crippen LogP contribution < -0.4 is 9.47 Å². The van der Waals surface area contributed by atoms with Gasteiger partial charge in [0.2, 0.25) is 0 Å². The minimum absolute atomic E-state index is 0.0363. The van der Waals surface area contributed by atoms with Crippen LogP contribution in [0.5, 0.6) is 11.5 Å². The normalized spacial score (nSPS) is 17.9. The van der Waals surface area contributed by atoms with Crippen molar-refractivity contribution in [2.75, 3.05) is 19.8 Å². The molecule has 2 aliphatic heterocycles. The van der Waals surface area contributed by atoms with E-state index >= 15 is 0 Å². The van der Waals surface area contributed by atoms with Crippen molar-refractivity contribution in [2.45, 2.75) is 12.5 Å². The number of hydrogen-bond donors (Lipinski definition) is 0. The molecule has 3 heterocycles. The molecule has 0 spiro atoms. The predicted molar refractivity (Wildman–Crippen MR) is 104 cm³/mol. The van der Waals surface area contributed by atoms with Crippen LogP contribution in [0.25, 0.3) is 0 Å². The molecule has 1 unspecified atom stereocenters. The average molecular weight is 375 g/mol. The first-order chi connectivity index (χ1) is 13.7. The van der Waals surface area contributed by atoms with Crippen LogP contribution in [-0.2, 0) is 13.6 Å². The van der Waals surface area contributed by atoms with Crippen molar-refractivity contribution < 1.29 is 14.3 Å². The molecule has 0 saturated carbocycles. The van der Waals surface area contributed by atoms with Crippen LogP contribution >= 0.6 is 0 Å². The van der Waals surface area contributed by atoms with Gasteiger partial charge in [0, 0.05) is 32.3 Å². The Morgan fingerprint density at radius 3 is 2.82 bits per heavy atom. The highest BCUT2D eigenvalue weighted by molar-refractivity contribution is 5.98. The number of amides is 1. The maximum Gasteiger partial charge on any atom is 0.258 e. The lowest BCUT2D eigenvalue weighted by molar-refractivity contribution is 0.0714. The largest absolute Gasteiger partial charge is 0.486 e. The summed E-state index contributed by atoms with van der Waals surface area (Å²) in [5.74, 6) is 1.25. The fourth-order valence-electron chi connectivity index (χ4n) is 4.08. The number of para-hydroxylation sites is 1. The molecule has 0 radical (unpaired) electrons. The molecule has 1 aromatic heterocycles. The van der Waals surface area contributed by atoms with E-state index in [0.717, 1.165) is 11.1 Å². The van der Waals surface area contributed by atoms with E-state index in [1.165, 1.54) is 5.56 Å². The summed E-state index contributed by atoms with van der Waals surface area (Å²) >= 11 is 0. The third-order valence-electron chi connectivity index (χ3n) is 5.41. The quantitative estimate of drug-likeness (QED) is 0.691. The van der Waals surface area contributed by atoms with Crippen molar-refractivity contribution in [3.63, 3.8) is 0 Å². The van der Waals surface area contributed by atoms with E-state index in [-0.39, 0.29) is 11.8 Å². The van der Waals surface area contributed by atoms with Gasteiger partial charge in [0.05, 0.1) is 11.8 Å². The highest BCUT2D eigenvalue weighted by Crippen LogP contribution is 2.37. The van der Waals surface area contributed by atoms with Crippen molar-refractivity contribution in [1.82, 2.24) is 14.7 Å². The molecule has 5 rings (SSSR count). The van der Waals surface area contributed by atoms with E-state index in [9.17, 15) is 4.79 Å². The zero-order valence-corrected chi connectivity index (χ0v) is 15.7. The Morgan fingerprint density at radius 1 is 1.11 bits per heavy atom. The molecule has 142 valence electrons. The summed E-state index contributed by atoms with van der Waals surface area (Å²) in [5.41, 5.74) is 4.09. The van der Waals surface area contributed by atoms with Gasteiger partial charge in [0.15, 0.2) is 11.5 Å². The lowest BCUT2D eigenvalue weighted by atomic mass is 9.86. The van der Waals surface area contributed by atoms with Gasteiger partial charge in [-0.2, -0.15) is 5.10 Å². The second-order valence-corrected chi connectivity index (χ2v) is 7.21. The number of hydrogen-bond acceptors (Lipinski definition) is 4. The molecule has 2 aliphatic rings. The van der Waals surface area contributed by atoms with Gasteiger partial charge < -0.3 is 14.4 Å². The summed E-state index contributed by atoms with van der Waals surface area (Å²) in [5, 5.41) is 4.33. The van der Waals surface area contributed by atoms with Gasteiger partial charge in [0.25, 0.3) is 5.91 Å². The van der Waals surface area contributed by atoms with Crippen LogP contribution in [-0.4, -0.2) is 40.3 Å². The molecule has 0 saturated heterocycles. The van der Waals surface area contributed by atoms with Gasteiger partial charge in [-0.1, -0.05) is 30.3 Å². The fraction of sp³-hybridized carbons (Fsp3) is 0.273. The Hall–Kier alpha value is -3.28. The van der Waals surface area contributed by atoms with Crippen molar-refractivity contribution in [1.29, 1.82) is 0 Å². The van der Waals surface area contributed by atoms with E-state index in [4.69, 9.17) is 9.47 Å². The first kappa shape index (κ1) is 16.9. The molecule has 0 N–H and O–H groups in total. The Balaban J connectivity index is 1.52. The van der Waals surface area contributed by atoms with Gasteiger partial charge in [-0.15, -0.1) is 0 Å². The number of rotatable bonds is 2. The van der Waals surface area contributed by atoms with E-state index in [1.54, 1.807) is 4.68 Å². The number of fused-ring (bicyclic) bond motifs is 2. The summed E-state index contributed by atoms with van der Waals surface area (Å²) in [6.45, 7) is 2.14. The van der Waals surface area contributed by atoms with E-state index < -0.39 is 0 Å². The lowest BCUT2D eigenvalue weighted by Crippen LogP contribution is -2.39. The minimum Gasteiger partial charge on any atom is -0.486 e. The van der Waals surface area contributed by atoms with Crippen LogP contribution in [0.2, 0.25) is 0 Å². The number of nitrogens with zero attached hydrogens (tertiary/aromatic N) is 3. The van der Waals surface area contributed by atoms with Crippen LogP contribution in [0.1, 0.15) is 33.0 Å². The van der Waals surface area contributed by atoms with E-state index in [2.05, 4.69) is 23.3 Å². The average Bonchev–Trinajstić information content (AvgIpc) is 3.18. The summed E-state index contributed by atoms with van der Waals surface area (Å²) in [6, 6.07) is 13.8. The maximum absolute atomic E-state index is 13.4. The number of ether oxygens (including phenoxy) is 2. The number of aromatic nitrogens is 2.